The first-order valence-corrected chi connectivity index (χ1v) is 8.24. The molecule has 2 heterocycles. The number of alkyl halides is 1. The van der Waals surface area contributed by atoms with Gasteiger partial charge in [0.2, 0.25) is 12.7 Å². The number of unbranched alkanes of at least 4 members (excludes halogenated alkanes) is 3. The van der Waals surface area contributed by atoms with Crippen LogP contribution in [0.4, 0.5) is 0 Å². The Morgan fingerprint density at radius 3 is 2.30 bits per heavy atom. The molecule has 4 nitrogen and oxygen atoms in total. The predicted octanol–water partition coefficient (Wildman–Crippen LogP) is 2.48. The summed E-state index contributed by atoms with van der Waals surface area (Å²) in [6.45, 7) is 1.13. The van der Waals surface area contributed by atoms with Gasteiger partial charge in [-0.2, -0.15) is 0 Å². The number of nitrogens with zero attached hydrogens (tertiary/aromatic N) is 4. The number of aromatic nitrogens is 4. The third-order valence-corrected chi connectivity index (χ3v) is 4.48. The monoisotopic (exact) mass is 340 g/mol. The molecule has 0 bridgehead atoms. The van der Waals surface area contributed by atoms with Crippen molar-refractivity contribution in [1.29, 1.82) is 0 Å². The number of halogens is 1. The maximum atomic E-state index is 3.75. The minimum atomic E-state index is 0.423. The Bertz CT molecular complexity index is 517. The highest BCUT2D eigenvalue weighted by atomic mass is 79.9. The molecular formula is C15H25BrN4+2. The molecule has 0 saturated carbocycles. The fourth-order valence-corrected chi connectivity index (χ4v) is 2.94. The summed E-state index contributed by atoms with van der Waals surface area (Å²) in [5, 5.41) is 0. The molecule has 0 fully saturated rings. The highest BCUT2D eigenvalue weighted by molar-refractivity contribution is 9.09. The van der Waals surface area contributed by atoms with Crippen molar-refractivity contribution in [2.75, 3.05) is 0 Å². The van der Waals surface area contributed by atoms with Crippen LogP contribution in [0.1, 0.15) is 37.1 Å². The SMILES string of the molecule is C[n+]1ccn(CCCCCCC(Br)n2cc[n+](C)c2)c1. The van der Waals surface area contributed by atoms with Gasteiger partial charge in [-0.1, -0.05) is 6.42 Å². The summed E-state index contributed by atoms with van der Waals surface area (Å²) in [4.78, 5) is 0.423. The third kappa shape index (κ3) is 4.78. The van der Waals surface area contributed by atoms with Gasteiger partial charge in [0, 0.05) is 0 Å². The Morgan fingerprint density at radius 2 is 1.65 bits per heavy atom. The predicted molar refractivity (Wildman–Crippen MR) is 82.3 cm³/mol. The quantitative estimate of drug-likeness (QED) is 0.399. The summed E-state index contributed by atoms with van der Waals surface area (Å²) < 4.78 is 8.64. The summed E-state index contributed by atoms with van der Waals surface area (Å²) in [6, 6.07) is 0. The van der Waals surface area contributed by atoms with Gasteiger partial charge >= 0.3 is 0 Å². The van der Waals surface area contributed by atoms with Crippen LogP contribution in [0, 0.1) is 0 Å². The van der Waals surface area contributed by atoms with Gasteiger partial charge in [-0.25, -0.2) is 18.3 Å². The maximum absolute atomic E-state index is 3.75. The number of rotatable bonds is 8. The Morgan fingerprint density at radius 1 is 0.950 bits per heavy atom. The van der Waals surface area contributed by atoms with Gasteiger partial charge in [0.15, 0.2) is 4.95 Å². The van der Waals surface area contributed by atoms with Crippen LogP contribution in [-0.2, 0) is 20.6 Å². The summed E-state index contributed by atoms with van der Waals surface area (Å²) in [6.07, 6.45) is 19.0. The molecule has 0 aromatic carbocycles. The Balaban J connectivity index is 1.55. The van der Waals surface area contributed by atoms with Crippen molar-refractivity contribution < 1.29 is 9.13 Å². The summed E-state index contributed by atoms with van der Waals surface area (Å²) in [7, 11) is 4.12. The van der Waals surface area contributed by atoms with Gasteiger partial charge in [-0.05, 0) is 41.6 Å². The van der Waals surface area contributed by atoms with Crippen molar-refractivity contribution in [3.63, 3.8) is 0 Å². The fraction of sp³-hybridized carbons (Fsp3) is 0.600. The van der Waals surface area contributed by atoms with E-state index in [0.717, 1.165) is 6.54 Å². The molecule has 0 aliphatic carbocycles. The largest absolute Gasteiger partial charge is 0.244 e. The molecule has 2 aromatic rings. The Labute approximate surface area is 129 Å². The van der Waals surface area contributed by atoms with Crippen molar-refractivity contribution in [2.24, 2.45) is 14.1 Å². The molecule has 0 amide bonds. The minimum Gasteiger partial charge on any atom is -0.240 e. The van der Waals surface area contributed by atoms with E-state index in [-0.39, 0.29) is 0 Å². The smallest absolute Gasteiger partial charge is 0.240 e. The molecular weight excluding hydrogens is 316 g/mol. The zero-order chi connectivity index (χ0) is 14.4. The second-order valence-electron chi connectivity index (χ2n) is 5.48. The van der Waals surface area contributed by atoms with E-state index in [2.05, 4.69) is 85.7 Å². The van der Waals surface area contributed by atoms with Crippen LogP contribution in [0.3, 0.4) is 0 Å². The van der Waals surface area contributed by atoms with Crippen LogP contribution in [0.5, 0.6) is 0 Å². The fourth-order valence-electron chi connectivity index (χ4n) is 2.38. The molecule has 20 heavy (non-hydrogen) atoms. The van der Waals surface area contributed by atoms with E-state index in [1.807, 2.05) is 0 Å². The highest BCUT2D eigenvalue weighted by Gasteiger charge is 2.11. The van der Waals surface area contributed by atoms with Crippen molar-refractivity contribution in [2.45, 2.75) is 43.6 Å². The molecule has 0 aliphatic heterocycles. The minimum absolute atomic E-state index is 0.423. The van der Waals surface area contributed by atoms with Crippen LogP contribution in [0.15, 0.2) is 37.4 Å². The first kappa shape index (κ1) is 15.3. The maximum Gasteiger partial charge on any atom is 0.244 e. The molecule has 2 aromatic heterocycles. The van der Waals surface area contributed by atoms with Gasteiger partial charge < -0.3 is 0 Å². The van der Waals surface area contributed by atoms with Gasteiger partial charge in [0.05, 0.1) is 20.6 Å². The number of imidazole rings is 2. The molecule has 0 radical (unpaired) electrons. The van der Waals surface area contributed by atoms with E-state index < -0.39 is 0 Å². The molecule has 110 valence electrons. The third-order valence-electron chi connectivity index (χ3n) is 3.55. The van der Waals surface area contributed by atoms with Gasteiger partial charge in [-0.15, -0.1) is 0 Å². The summed E-state index contributed by atoms with van der Waals surface area (Å²) >= 11 is 3.75. The van der Waals surface area contributed by atoms with Crippen molar-refractivity contribution >= 4 is 15.9 Å². The second-order valence-corrected chi connectivity index (χ2v) is 6.54. The van der Waals surface area contributed by atoms with Gasteiger partial charge in [-0.3, -0.25) is 0 Å². The average molecular weight is 341 g/mol. The lowest BCUT2D eigenvalue weighted by molar-refractivity contribution is -0.671. The molecule has 1 unspecified atom stereocenters. The Hall–Kier alpha value is -1.10. The van der Waals surface area contributed by atoms with Crippen LogP contribution in [0.2, 0.25) is 0 Å². The van der Waals surface area contributed by atoms with Crippen molar-refractivity contribution in [3.8, 4) is 0 Å². The van der Waals surface area contributed by atoms with Gasteiger partial charge in [0.25, 0.3) is 0 Å². The van der Waals surface area contributed by atoms with E-state index in [1.54, 1.807) is 0 Å². The van der Waals surface area contributed by atoms with Crippen LogP contribution < -0.4 is 9.13 Å². The molecule has 0 saturated heterocycles. The number of hydrogen-bond acceptors (Lipinski definition) is 0. The van der Waals surface area contributed by atoms with E-state index in [1.165, 1.54) is 32.1 Å². The topological polar surface area (TPSA) is 17.6 Å². The summed E-state index contributed by atoms with van der Waals surface area (Å²) in [5.74, 6) is 0. The lowest BCUT2D eigenvalue weighted by Gasteiger charge is -2.05. The van der Waals surface area contributed by atoms with Crippen molar-refractivity contribution in [1.82, 2.24) is 9.13 Å². The number of aryl methyl sites for hydroxylation is 3. The van der Waals surface area contributed by atoms with Crippen LogP contribution in [0.25, 0.3) is 0 Å². The van der Waals surface area contributed by atoms with E-state index in [0.29, 0.717) is 4.95 Å². The lowest BCUT2D eigenvalue weighted by Crippen LogP contribution is -2.24. The van der Waals surface area contributed by atoms with E-state index >= 15 is 0 Å². The molecule has 0 aliphatic rings. The molecule has 0 spiro atoms. The Kier molecular flexibility index (Phi) is 5.83. The molecule has 5 heteroatoms. The lowest BCUT2D eigenvalue weighted by atomic mass is 10.1. The van der Waals surface area contributed by atoms with E-state index in [9.17, 15) is 0 Å². The second kappa shape index (κ2) is 7.62. The van der Waals surface area contributed by atoms with Crippen LogP contribution >= 0.6 is 15.9 Å². The first-order chi connectivity index (χ1) is 9.65. The standard InChI is InChI=1S/C15H25BrN4/c1-17-9-11-19(13-17)8-6-4-3-5-7-15(16)20-12-10-18(2)14-20/h9-15H,3-8H2,1-2H3/q+2. The number of hydrogen-bond donors (Lipinski definition) is 0. The molecule has 2 rings (SSSR count). The zero-order valence-corrected chi connectivity index (χ0v) is 14.0. The van der Waals surface area contributed by atoms with Crippen molar-refractivity contribution in [3.05, 3.63) is 37.4 Å². The average Bonchev–Trinajstić information content (AvgIpc) is 3.02. The molecule has 1 atom stereocenters. The summed E-state index contributed by atoms with van der Waals surface area (Å²) in [5.41, 5.74) is 0. The van der Waals surface area contributed by atoms with Gasteiger partial charge in [0.1, 0.15) is 24.8 Å². The molecule has 0 N–H and O–H groups in total. The van der Waals surface area contributed by atoms with Crippen LogP contribution in [-0.4, -0.2) is 9.13 Å². The highest BCUT2D eigenvalue weighted by Crippen LogP contribution is 2.21. The van der Waals surface area contributed by atoms with E-state index in [4.69, 9.17) is 0 Å². The first-order valence-electron chi connectivity index (χ1n) is 7.33. The zero-order valence-electron chi connectivity index (χ0n) is 12.5. The normalized spacial score (nSPS) is 12.8.